The lowest BCUT2D eigenvalue weighted by molar-refractivity contribution is -0.146. The Bertz CT molecular complexity index is 1090. The number of rotatable bonds is 9. The van der Waals surface area contributed by atoms with E-state index < -0.39 is 30.2 Å². The Morgan fingerprint density at radius 3 is 2.62 bits per heavy atom. The zero-order valence-electron chi connectivity index (χ0n) is 17.1. The lowest BCUT2D eigenvalue weighted by atomic mass is 10.1. The third-order valence-electron chi connectivity index (χ3n) is 4.50. The minimum atomic E-state index is -4.60. The first-order valence-corrected chi connectivity index (χ1v) is 9.61. The number of halogens is 3. The summed E-state index contributed by atoms with van der Waals surface area (Å²) in [5, 5.41) is 3.16. The van der Waals surface area contributed by atoms with Crippen molar-refractivity contribution in [1.82, 2.24) is 4.98 Å². The normalized spacial score (nSPS) is 11.4. The van der Waals surface area contributed by atoms with Crippen molar-refractivity contribution in [3.05, 3.63) is 59.8 Å². The van der Waals surface area contributed by atoms with Gasteiger partial charge >= 0.3 is 12.1 Å². The van der Waals surface area contributed by atoms with Crippen molar-refractivity contribution in [2.75, 3.05) is 32.2 Å². The summed E-state index contributed by atoms with van der Waals surface area (Å²) in [6.45, 7) is -0.376. The molecule has 3 rings (SSSR count). The average molecular weight is 450 g/mol. The fourth-order valence-electron chi connectivity index (χ4n) is 2.98. The summed E-state index contributed by atoms with van der Waals surface area (Å²) in [5.41, 5.74) is 0.424. The number of aromatic nitrogens is 1. The van der Waals surface area contributed by atoms with E-state index in [-0.39, 0.29) is 31.1 Å². The lowest BCUT2D eigenvalue weighted by Crippen LogP contribution is -2.22. The van der Waals surface area contributed by atoms with Gasteiger partial charge in [-0.2, -0.15) is 13.2 Å². The van der Waals surface area contributed by atoms with Crippen LogP contribution in [0.3, 0.4) is 0 Å². The maximum atomic E-state index is 13.0. The Morgan fingerprint density at radius 1 is 1.09 bits per heavy atom. The molecule has 0 saturated heterocycles. The molecule has 0 unspecified atom stereocenters. The minimum absolute atomic E-state index is 0.0357. The minimum Gasteiger partial charge on any atom is -0.489 e. The van der Waals surface area contributed by atoms with Gasteiger partial charge in [0, 0.05) is 24.2 Å². The highest BCUT2D eigenvalue weighted by Gasteiger charge is 2.31. The molecule has 3 aromatic rings. The Kier molecular flexibility index (Phi) is 7.37. The van der Waals surface area contributed by atoms with Gasteiger partial charge in [-0.1, -0.05) is 18.2 Å². The zero-order valence-corrected chi connectivity index (χ0v) is 17.1. The predicted molar refractivity (Wildman–Crippen MR) is 110 cm³/mol. The quantitative estimate of drug-likeness (QED) is 0.381. The van der Waals surface area contributed by atoms with Gasteiger partial charge in [0.15, 0.2) is 6.61 Å². The van der Waals surface area contributed by atoms with Gasteiger partial charge in [0.05, 0.1) is 24.3 Å². The van der Waals surface area contributed by atoms with Crippen LogP contribution in [-0.2, 0) is 31.7 Å². The Morgan fingerprint density at radius 2 is 1.88 bits per heavy atom. The van der Waals surface area contributed by atoms with Crippen molar-refractivity contribution in [2.45, 2.75) is 12.6 Å². The number of aromatic amines is 1. The van der Waals surface area contributed by atoms with Gasteiger partial charge < -0.3 is 24.5 Å². The molecule has 0 bridgehead atoms. The molecule has 0 aliphatic rings. The first-order chi connectivity index (χ1) is 15.3. The number of hydrogen-bond donors (Lipinski definition) is 2. The fraction of sp³-hybridized carbons (Fsp3) is 0.273. The molecule has 2 N–H and O–H groups in total. The highest BCUT2D eigenvalue weighted by atomic mass is 19.4. The van der Waals surface area contributed by atoms with E-state index in [4.69, 9.17) is 14.2 Å². The number of H-pyrrole nitrogens is 1. The molecule has 0 saturated carbocycles. The van der Waals surface area contributed by atoms with Crippen LogP contribution in [0, 0.1) is 0 Å². The van der Waals surface area contributed by atoms with E-state index in [1.54, 1.807) is 6.20 Å². The third-order valence-corrected chi connectivity index (χ3v) is 4.50. The van der Waals surface area contributed by atoms with Crippen molar-refractivity contribution >= 4 is 28.5 Å². The first kappa shape index (κ1) is 23.1. The zero-order chi connectivity index (χ0) is 23.1. The number of benzene rings is 2. The molecule has 7 nitrogen and oxygen atoms in total. The van der Waals surface area contributed by atoms with Gasteiger partial charge in [0.25, 0.3) is 5.91 Å². The highest BCUT2D eigenvalue weighted by Crippen LogP contribution is 2.35. The molecule has 0 atom stereocenters. The molecule has 1 aromatic heterocycles. The van der Waals surface area contributed by atoms with Crippen molar-refractivity contribution in [2.24, 2.45) is 0 Å². The predicted octanol–water partition coefficient (Wildman–Crippen LogP) is 3.94. The molecular formula is C22H21F3N2O5. The molecule has 2 aromatic carbocycles. The summed E-state index contributed by atoms with van der Waals surface area (Å²) >= 11 is 0. The number of carbonyl (C=O) groups excluding carboxylic acids is 2. The van der Waals surface area contributed by atoms with Crippen LogP contribution in [0.1, 0.15) is 11.1 Å². The Hall–Kier alpha value is -3.53. The monoisotopic (exact) mass is 450 g/mol. The van der Waals surface area contributed by atoms with Gasteiger partial charge in [0.1, 0.15) is 12.4 Å². The standard InChI is InChI=1S/C22H21F3N2O5/c1-30-8-9-31-19-7-6-15(22(23,24)25)11-18(19)27-20(28)13-32-21(29)10-14-12-26-17-5-3-2-4-16(14)17/h2-7,11-12,26H,8-10,13H2,1H3,(H,27,28). The van der Waals surface area contributed by atoms with Gasteiger partial charge in [-0.3, -0.25) is 9.59 Å². The van der Waals surface area contributed by atoms with E-state index in [0.717, 1.165) is 29.1 Å². The van der Waals surface area contributed by atoms with Crippen LogP contribution in [0.25, 0.3) is 10.9 Å². The number of nitrogens with one attached hydrogen (secondary N) is 2. The second-order valence-electron chi connectivity index (χ2n) is 6.80. The molecule has 0 radical (unpaired) electrons. The Labute approximate surface area is 181 Å². The van der Waals surface area contributed by atoms with E-state index in [1.807, 2.05) is 24.3 Å². The van der Waals surface area contributed by atoms with Crippen LogP contribution in [0.2, 0.25) is 0 Å². The van der Waals surface area contributed by atoms with E-state index in [2.05, 4.69) is 10.3 Å². The topological polar surface area (TPSA) is 89.7 Å². The number of anilines is 1. The summed E-state index contributed by atoms with van der Waals surface area (Å²) in [5.74, 6) is -1.41. The molecule has 0 spiro atoms. The van der Waals surface area contributed by atoms with Crippen molar-refractivity contribution in [3.8, 4) is 5.75 Å². The smallest absolute Gasteiger partial charge is 0.416 e. The second-order valence-corrected chi connectivity index (χ2v) is 6.80. The van der Waals surface area contributed by atoms with Crippen LogP contribution >= 0.6 is 0 Å². The number of esters is 1. The van der Waals surface area contributed by atoms with Gasteiger partial charge in [0.2, 0.25) is 0 Å². The number of methoxy groups -OCH3 is 1. The van der Waals surface area contributed by atoms with E-state index in [0.29, 0.717) is 5.56 Å². The number of fused-ring (bicyclic) bond motifs is 1. The average Bonchev–Trinajstić information content (AvgIpc) is 3.15. The van der Waals surface area contributed by atoms with Crippen molar-refractivity contribution in [3.63, 3.8) is 0 Å². The van der Waals surface area contributed by atoms with Gasteiger partial charge in [-0.25, -0.2) is 0 Å². The lowest BCUT2D eigenvalue weighted by Gasteiger charge is -2.15. The third kappa shape index (κ3) is 6.01. The second kappa shape index (κ2) is 10.2. The summed E-state index contributed by atoms with van der Waals surface area (Å²) < 4.78 is 54.3. The molecule has 170 valence electrons. The molecular weight excluding hydrogens is 429 g/mol. The molecule has 0 aliphatic carbocycles. The van der Waals surface area contributed by atoms with E-state index in [1.165, 1.54) is 7.11 Å². The number of para-hydroxylation sites is 1. The van der Waals surface area contributed by atoms with E-state index >= 15 is 0 Å². The summed E-state index contributed by atoms with van der Waals surface area (Å²) in [6.07, 6.45) is -2.99. The summed E-state index contributed by atoms with van der Waals surface area (Å²) in [6, 6.07) is 10.1. The van der Waals surface area contributed by atoms with Crippen LogP contribution < -0.4 is 10.1 Å². The van der Waals surface area contributed by atoms with Crippen LogP contribution in [0.15, 0.2) is 48.7 Å². The highest BCUT2D eigenvalue weighted by molar-refractivity contribution is 5.94. The summed E-state index contributed by atoms with van der Waals surface area (Å²) in [7, 11) is 1.45. The maximum Gasteiger partial charge on any atom is 0.416 e. The van der Waals surface area contributed by atoms with Crippen LogP contribution in [-0.4, -0.2) is 43.8 Å². The van der Waals surface area contributed by atoms with Gasteiger partial charge in [-0.05, 0) is 29.8 Å². The van der Waals surface area contributed by atoms with Gasteiger partial charge in [-0.15, -0.1) is 0 Å². The van der Waals surface area contributed by atoms with Crippen molar-refractivity contribution in [1.29, 1.82) is 0 Å². The molecule has 1 amide bonds. The number of amides is 1. The molecule has 10 heteroatoms. The number of hydrogen-bond acceptors (Lipinski definition) is 5. The molecule has 32 heavy (non-hydrogen) atoms. The number of ether oxygens (including phenoxy) is 3. The molecule has 1 heterocycles. The van der Waals surface area contributed by atoms with E-state index in [9.17, 15) is 22.8 Å². The fourth-order valence-corrected chi connectivity index (χ4v) is 2.98. The largest absolute Gasteiger partial charge is 0.489 e. The van der Waals surface area contributed by atoms with Crippen molar-refractivity contribution < 1.29 is 37.0 Å². The molecule has 0 aliphatic heterocycles. The number of carbonyl (C=O) groups is 2. The summed E-state index contributed by atoms with van der Waals surface area (Å²) in [4.78, 5) is 27.4. The SMILES string of the molecule is COCCOc1ccc(C(F)(F)F)cc1NC(=O)COC(=O)Cc1c[nH]c2ccccc12. The van der Waals surface area contributed by atoms with Crippen LogP contribution in [0.4, 0.5) is 18.9 Å². The maximum absolute atomic E-state index is 13.0. The Balaban J connectivity index is 1.62. The number of alkyl halides is 3. The molecule has 0 fully saturated rings. The first-order valence-electron chi connectivity index (χ1n) is 9.61. The van der Waals surface area contributed by atoms with Crippen LogP contribution in [0.5, 0.6) is 5.75 Å².